The fourth-order valence-corrected chi connectivity index (χ4v) is 3.88. The average molecular weight is 403 g/mol. The van der Waals surface area contributed by atoms with Crippen molar-refractivity contribution in [2.75, 3.05) is 21.3 Å². The highest BCUT2D eigenvalue weighted by atomic mass is 16.5. The van der Waals surface area contributed by atoms with E-state index in [0.717, 1.165) is 11.1 Å². The van der Waals surface area contributed by atoms with Gasteiger partial charge in [0.25, 0.3) is 5.91 Å². The van der Waals surface area contributed by atoms with Gasteiger partial charge in [0, 0.05) is 17.2 Å². The summed E-state index contributed by atoms with van der Waals surface area (Å²) in [5, 5.41) is 2.86. The van der Waals surface area contributed by atoms with E-state index in [-0.39, 0.29) is 5.91 Å². The van der Waals surface area contributed by atoms with Gasteiger partial charge in [-0.2, -0.15) is 0 Å². The molecule has 0 fully saturated rings. The zero-order valence-electron chi connectivity index (χ0n) is 16.9. The van der Waals surface area contributed by atoms with Crippen LogP contribution in [0.3, 0.4) is 0 Å². The number of hydrogen-bond donors (Lipinski definition) is 1. The van der Waals surface area contributed by atoms with E-state index in [0.29, 0.717) is 28.2 Å². The minimum Gasteiger partial charge on any atom is -0.497 e. The minimum atomic E-state index is -1.42. The van der Waals surface area contributed by atoms with Crippen LogP contribution in [-0.2, 0) is 15.1 Å². The van der Waals surface area contributed by atoms with Crippen LogP contribution in [0.2, 0.25) is 0 Å². The first-order valence-electron chi connectivity index (χ1n) is 9.38. The summed E-state index contributed by atoms with van der Waals surface area (Å²) in [6.45, 7) is 0. The second kappa shape index (κ2) is 7.55. The summed E-state index contributed by atoms with van der Waals surface area (Å²) >= 11 is 0. The Bertz CT molecular complexity index is 1120. The van der Waals surface area contributed by atoms with Gasteiger partial charge in [-0.05, 0) is 41.0 Å². The molecule has 0 aliphatic carbocycles. The summed E-state index contributed by atoms with van der Waals surface area (Å²) in [7, 11) is 4.49. The SMILES string of the molecule is COC(=O)C1(c2cccc(-c3cc(OC)cc(OC)c3)c2)NC(=O)c2ccccc21. The van der Waals surface area contributed by atoms with Gasteiger partial charge in [0.1, 0.15) is 11.5 Å². The smallest absolute Gasteiger partial charge is 0.341 e. The molecule has 152 valence electrons. The Morgan fingerprint density at radius 3 is 2.20 bits per heavy atom. The molecule has 30 heavy (non-hydrogen) atoms. The third-order valence-corrected chi connectivity index (χ3v) is 5.35. The number of benzene rings is 3. The lowest BCUT2D eigenvalue weighted by Gasteiger charge is -2.28. The summed E-state index contributed by atoms with van der Waals surface area (Å²) < 4.78 is 15.9. The summed E-state index contributed by atoms with van der Waals surface area (Å²) in [4.78, 5) is 25.7. The minimum absolute atomic E-state index is 0.315. The van der Waals surface area contributed by atoms with Crippen molar-refractivity contribution in [3.05, 3.63) is 83.4 Å². The number of esters is 1. The number of carbonyl (C=O) groups excluding carboxylic acids is 2. The molecule has 1 N–H and O–H groups in total. The standard InChI is InChI=1S/C24H21NO5/c1-28-18-12-16(13-19(14-18)29-2)15-7-6-8-17(11-15)24(23(27)30-3)21-10-5-4-9-20(21)22(26)25-24/h4-14H,1-3H3,(H,25,26). The van der Waals surface area contributed by atoms with Crippen LogP contribution in [0.5, 0.6) is 11.5 Å². The maximum atomic E-state index is 13.0. The van der Waals surface area contributed by atoms with Gasteiger partial charge in [0.2, 0.25) is 0 Å². The highest BCUT2D eigenvalue weighted by Gasteiger charge is 2.51. The maximum absolute atomic E-state index is 13.0. The Morgan fingerprint density at radius 1 is 0.833 bits per heavy atom. The summed E-state index contributed by atoms with van der Waals surface area (Å²) in [6.07, 6.45) is 0. The van der Waals surface area contributed by atoms with Crippen molar-refractivity contribution in [3.63, 3.8) is 0 Å². The predicted octanol–water partition coefficient (Wildman–Crippen LogP) is 3.53. The number of carbonyl (C=O) groups is 2. The predicted molar refractivity (Wildman–Crippen MR) is 112 cm³/mol. The van der Waals surface area contributed by atoms with E-state index in [1.54, 1.807) is 50.6 Å². The van der Waals surface area contributed by atoms with Crippen LogP contribution in [0.1, 0.15) is 21.5 Å². The Morgan fingerprint density at radius 2 is 1.53 bits per heavy atom. The molecular formula is C24H21NO5. The van der Waals surface area contributed by atoms with Gasteiger partial charge in [-0.15, -0.1) is 0 Å². The Balaban J connectivity index is 1.91. The van der Waals surface area contributed by atoms with Crippen molar-refractivity contribution in [2.45, 2.75) is 5.54 Å². The molecule has 0 radical (unpaired) electrons. The number of methoxy groups -OCH3 is 3. The van der Waals surface area contributed by atoms with Gasteiger partial charge in [0.05, 0.1) is 21.3 Å². The van der Waals surface area contributed by atoms with Crippen LogP contribution >= 0.6 is 0 Å². The number of rotatable bonds is 5. The van der Waals surface area contributed by atoms with E-state index >= 15 is 0 Å². The van der Waals surface area contributed by atoms with E-state index in [9.17, 15) is 9.59 Å². The molecule has 1 unspecified atom stereocenters. The number of fused-ring (bicyclic) bond motifs is 1. The van der Waals surface area contributed by atoms with Crippen molar-refractivity contribution in [2.24, 2.45) is 0 Å². The number of amides is 1. The van der Waals surface area contributed by atoms with Gasteiger partial charge in [-0.1, -0.05) is 36.4 Å². The lowest BCUT2D eigenvalue weighted by atomic mass is 9.82. The molecule has 1 atom stereocenters. The molecule has 6 nitrogen and oxygen atoms in total. The molecule has 0 saturated heterocycles. The molecule has 1 aliphatic rings. The van der Waals surface area contributed by atoms with Crippen molar-refractivity contribution >= 4 is 11.9 Å². The maximum Gasteiger partial charge on any atom is 0.341 e. The monoisotopic (exact) mass is 403 g/mol. The number of ether oxygens (including phenoxy) is 3. The summed E-state index contributed by atoms with van der Waals surface area (Å²) in [5.74, 6) is 0.430. The van der Waals surface area contributed by atoms with Crippen LogP contribution in [0, 0.1) is 0 Å². The van der Waals surface area contributed by atoms with Crippen molar-refractivity contribution in [1.82, 2.24) is 5.32 Å². The van der Waals surface area contributed by atoms with Gasteiger partial charge >= 0.3 is 5.97 Å². The van der Waals surface area contributed by atoms with Gasteiger partial charge < -0.3 is 19.5 Å². The molecule has 0 aromatic heterocycles. The highest BCUT2D eigenvalue weighted by Crippen LogP contribution is 2.40. The number of hydrogen-bond acceptors (Lipinski definition) is 5. The van der Waals surface area contributed by atoms with E-state index in [1.165, 1.54) is 7.11 Å². The molecule has 0 spiro atoms. The first kappa shape index (κ1) is 19.5. The first-order chi connectivity index (χ1) is 14.5. The molecule has 0 bridgehead atoms. The van der Waals surface area contributed by atoms with E-state index in [1.807, 2.05) is 30.3 Å². The Hall–Kier alpha value is -3.80. The average Bonchev–Trinajstić information content (AvgIpc) is 3.11. The van der Waals surface area contributed by atoms with E-state index in [2.05, 4.69) is 5.32 Å². The van der Waals surface area contributed by atoms with Crippen LogP contribution < -0.4 is 14.8 Å². The van der Waals surface area contributed by atoms with Gasteiger partial charge in [0.15, 0.2) is 5.54 Å². The second-order valence-electron chi connectivity index (χ2n) is 6.92. The molecule has 6 heteroatoms. The molecule has 1 amide bonds. The molecule has 1 aliphatic heterocycles. The Kier molecular flexibility index (Phi) is 4.91. The van der Waals surface area contributed by atoms with Gasteiger partial charge in [-0.3, -0.25) is 4.79 Å². The molecule has 3 aromatic carbocycles. The van der Waals surface area contributed by atoms with Crippen LogP contribution in [0.15, 0.2) is 66.7 Å². The van der Waals surface area contributed by atoms with Gasteiger partial charge in [-0.25, -0.2) is 4.79 Å². The topological polar surface area (TPSA) is 73.9 Å². The Labute approximate surface area is 174 Å². The zero-order chi connectivity index (χ0) is 21.3. The molecule has 3 aromatic rings. The fourth-order valence-electron chi connectivity index (χ4n) is 3.88. The lowest BCUT2D eigenvalue weighted by molar-refractivity contribution is -0.146. The normalized spacial score (nSPS) is 17.1. The van der Waals surface area contributed by atoms with Crippen LogP contribution in [0.25, 0.3) is 11.1 Å². The number of nitrogens with one attached hydrogen (secondary N) is 1. The molecule has 0 saturated carbocycles. The molecule has 1 heterocycles. The van der Waals surface area contributed by atoms with E-state index in [4.69, 9.17) is 14.2 Å². The molecular weight excluding hydrogens is 382 g/mol. The summed E-state index contributed by atoms with van der Waals surface area (Å²) in [6, 6.07) is 20.0. The lowest BCUT2D eigenvalue weighted by Crippen LogP contribution is -2.48. The quantitative estimate of drug-likeness (QED) is 0.660. The van der Waals surface area contributed by atoms with Crippen LogP contribution in [0.4, 0.5) is 0 Å². The zero-order valence-corrected chi connectivity index (χ0v) is 16.9. The third-order valence-electron chi connectivity index (χ3n) is 5.35. The fraction of sp³-hybridized carbons (Fsp3) is 0.167. The van der Waals surface area contributed by atoms with Crippen molar-refractivity contribution < 1.29 is 23.8 Å². The van der Waals surface area contributed by atoms with Crippen LogP contribution in [-0.4, -0.2) is 33.2 Å². The van der Waals surface area contributed by atoms with Crippen molar-refractivity contribution in [3.8, 4) is 22.6 Å². The van der Waals surface area contributed by atoms with E-state index < -0.39 is 11.5 Å². The summed E-state index contributed by atoms with van der Waals surface area (Å²) in [5.41, 5.74) is 1.91. The first-order valence-corrected chi connectivity index (χ1v) is 9.38. The van der Waals surface area contributed by atoms with Crippen molar-refractivity contribution in [1.29, 1.82) is 0 Å². The third kappa shape index (κ3) is 2.97. The molecule has 4 rings (SSSR count). The largest absolute Gasteiger partial charge is 0.497 e. The highest BCUT2D eigenvalue weighted by molar-refractivity contribution is 6.07. The second-order valence-corrected chi connectivity index (χ2v) is 6.92.